The number of carbonyl (C=O) groups is 1. The summed E-state index contributed by atoms with van der Waals surface area (Å²) in [6, 6.07) is 10.1. The molecule has 4 rings (SSSR count). The average molecular weight is 365 g/mol. The molecule has 0 aliphatic carbocycles. The van der Waals surface area contributed by atoms with Crippen LogP contribution in [0.2, 0.25) is 0 Å². The number of carbonyl (C=O) groups excluding carboxylic acids is 1. The Balaban J connectivity index is 1.20. The van der Waals surface area contributed by atoms with Gasteiger partial charge in [0.05, 0.1) is 26.2 Å². The lowest BCUT2D eigenvalue weighted by molar-refractivity contribution is -0.892. The van der Waals surface area contributed by atoms with Crippen molar-refractivity contribution in [3.63, 3.8) is 0 Å². The lowest BCUT2D eigenvalue weighted by Gasteiger charge is -2.31. The number of hydrogen-bond acceptors (Lipinski definition) is 4. The van der Waals surface area contributed by atoms with Gasteiger partial charge in [0.25, 0.3) is 5.91 Å². The third-order valence-electron chi connectivity index (χ3n) is 5.11. The Hall–Kier alpha value is -2.93. The van der Waals surface area contributed by atoms with Crippen LogP contribution in [0.25, 0.3) is 10.9 Å². The highest BCUT2D eigenvalue weighted by atomic mass is 16.2. The van der Waals surface area contributed by atoms with Gasteiger partial charge in [-0.3, -0.25) is 4.79 Å². The number of nitrogens with one attached hydrogen (secondary N) is 3. The summed E-state index contributed by atoms with van der Waals surface area (Å²) >= 11 is 0. The second-order valence-corrected chi connectivity index (χ2v) is 6.92. The fraction of sp³-hybridized carbons (Fsp3) is 0.350. The maximum absolute atomic E-state index is 12.3. The van der Waals surface area contributed by atoms with Gasteiger partial charge in [0.15, 0.2) is 6.54 Å². The Labute approximate surface area is 158 Å². The monoisotopic (exact) mass is 365 g/mol. The molecule has 1 aliphatic heterocycles. The minimum absolute atomic E-state index is 0.120. The molecule has 0 saturated carbocycles. The van der Waals surface area contributed by atoms with E-state index in [1.165, 1.54) is 15.8 Å². The summed E-state index contributed by atoms with van der Waals surface area (Å²) in [5.41, 5.74) is 2.39. The minimum Gasteiger partial charge on any atom is -0.361 e. The van der Waals surface area contributed by atoms with Crippen molar-refractivity contribution in [2.75, 3.05) is 44.2 Å². The highest BCUT2D eigenvalue weighted by Crippen LogP contribution is 2.17. The summed E-state index contributed by atoms with van der Waals surface area (Å²) in [5.74, 6) is 0.897. The average Bonchev–Trinajstić information content (AvgIpc) is 3.12. The molecule has 1 aromatic carbocycles. The van der Waals surface area contributed by atoms with Gasteiger partial charge in [-0.2, -0.15) is 0 Å². The molecule has 27 heavy (non-hydrogen) atoms. The number of amides is 1. The standard InChI is InChI=1S/C20H24N6O/c27-19(21-9-6-16-14-24-18-5-2-1-4-17(16)18)15-25-10-12-26(13-11-25)20-22-7-3-8-23-20/h1-5,7-8,14,24H,6,9-13,15H2,(H,21,27)/p+1. The van der Waals surface area contributed by atoms with E-state index in [0.29, 0.717) is 13.1 Å². The van der Waals surface area contributed by atoms with Crippen LogP contribution in [0.3, 0.4) is 0 Å². The molecule has 0 unspecified atom stereocenters. The van der Waals surface area contributed by atoms with Crippen molar-refractivity contribution >= 4 is 22.8 Å². The molecular weight excluding hydrogens is 340 g/mol. The third kappa shape index (κ3) is 4.25. The van der Waals surface area contributed by atoms with Gasteiger partial charge in [0.1, 0.15) is 0 Å². The Morgan fingerprint density at radius 1 is 1.15 bits per heavy atom. The highest BCUT2D eigenvalue weighted by Gasteiger charge is 2.23. The van der Waals surface area contributed by atoms with Crippen LogP contribution in [0.15, 0.2) is 48.9 Å². The first-order valence-corrected chi connectivity index (χ1v) is 9.47. The molecular formula is C20H25N6O+. The first-order chi connectivity index (χ1) is 13.3. The molecule has 7 nitrogen and oxygen atoms in total. The number of hydrogen-bond donors (Lipinski definition) is 3. The third-order valence-corrected chi connectivity index (χ3v) is 5.11. The molecule has 1 saturated heterocycles. The Kier molecular flexibility index (Phi) is 5.29. The summed E-state index contributed by atoms with van der Waals surface area (Å²) in [7, 11) is 0. The second kappa shape index (κ2) is 8.18. The van der Waals surface area contributed by atoms with Crippen LogP contribution in [-0.2, 0) is 11.2 Å². The lowest BCUT2D eigenvalue weighted by Crippen LogP contribution is -3.16. The molecule has 3 N–H and O–H groups in total. The predicted octanol–water partition coefficient (Wildman–Crippen LogP) is 0.0217. The van der Waals surface area contributed by atoms with E-state index in [1.54, 1.807) is 12.4 Å². The molecule has 3 aromatic rings. The molecule has 2 aromatic heterocycles. The topological polar surface area (TPSA) is 78.3 Å². The SMILES string of the molecule is O=C(C[NH+]1CCN(c2ncccn2)CC1)NCCc1c[nH]c2ccccc12. The molecule has 0 bridgehead atoms. The van der Waals surface area contributed by atoms with Gasteiger partial charge in [0, 0.05) is 36.0 Å². The fourth-order valence-corrected chi connectivity index (χ4v) is 3.62. The first kappa shape index (κ1) is 17.5. The summed E-state index contributed by atoms with van der Waals surface area (Å²) in [6.07, 6.45) is 6.41. The van der Waals surface area contributed by atoms with Gasteiger partial charge in [-0.1, -0.05) is 18.2 Å². The van der Waals surface area contributed by atoms with Crippen molar-refractivity contribution in [2.24, 2.45) is 0 Å². The number of quaternary nitrogens is 1. The number of aromatic amines is 1. The quantitative estimate of drug-likeness (QED) is 0.576. The zero-order valence-corrected chi connectivity index (χ0v) is 15.3. The maximum atomic E-state index is 12.3. The van der Waals surface area contributed by atoms with Crippen LogP contribution in [0.5, 0.6) is 0 Å². The van der Waals surface area contributed by atoms with Crippen LogP contribution >= 0.6 is 0 Å². The molecule has 0 spiro atoms. The van der Waals surface area contributed by atoms with Gasteiger partial charge in [-0.05, 0) is 24.1 Å². The first-order valence-electron chi connectivity index (χ1n) is 9.47. The minimum atomic E-state index is 0.120. The van der Waals surface area contributed by atoms with E-state index >= 15 is 0 Å². The van der Waals surface area contributed by atoms with Crippen molar-refractivity contribution in [1.29, 1.82) is 0 Å². The summed E-state index contributed by atoms with van der Waals surface area (Å²) in [4.78, 5) is 27.6. The van der Waals surface area contributed by atoms with Gasteiger partial charge >= 0.3 is 0 Å². The van der Waals surface area contributed by atoms with Gasteiger partial charge in [0.2, 0.25) is 5.95 Å². The molecule has 0 radical (unpaired) electrons. The highest BCUT2D eigenvalue weighted by molar-refractivity contribution is 5.83. The van der Waals surface area contributed by atoms with E-state index in [-0.39, 0.29) is 5.91 Å². The lowest BCUT2D eigenvalue weighted by atomic mass is 10.1. The van der Waals surface area contributed by atoms with E-state index in [2.05, 4.69) is 37.3 Å². The number of benzene rings is 1. The van der Waals surface area contributed by atoms with Crippen LogP contribution in [-0.4, -0.2) is 60.1 Å². The van der Waals surface area contributed by atoms with Crippen molar-refractivity contribution in [3.05, 3.63) is 54.5 Å². The van der Waals surface area contributed by atoms with Crippen molar-refractivity contribution in [3.8, 4) is 0 Å². The van der Waals surface area contributed by atoms with Gasteiger partial charge < -0.3 is 20.1 Å². The van der Waals surface area contributed by atoms with Crippen LogP contribution in [0.1, 0.15) is 5.56 Å². The van der Waals surface area contributed by atoms with Gasteiger partial charge in [-0.15, -0.1) is 0 Å². The number of para-hydroxylation sites is 1. The van der Waals surface area contributed by atoms with E-state index in [1.807, 2.05) is 24.4 Å². The molecule has 3 heterocycles. The molecule has 1 fully saturated rings. The normalized spacial score (nSPS) is 15.2. The number of rotatable bonds is 6. The number of piperazine rings is 1. The summed E-state index contributed by atoms with van der Waals surface area (Å²) in [6.45, 7) is 4.79. The summed E-state index contributed by atoms with van der Waals surface area (Å²) < 4.78 is 0. The van der Waals surface area contributed by atoms with Crippen molar-refractivity contribution in [1.82, 2.24) is 20.3 Å². The maximum Gasteiger partial charge on any atom is 0.275 e. The van der Waals surface area contributed by atoms with E-state index in [4.69, 9.17) is 0 Å². The van der Waals surface area contributed by atoms with Crippen LogP contribution < -0.4 is 15.1 Å². The largest absolute Gasteiger partial charge is 0.361 e. The number of fused-ring (bicyclic) bond motifs is 1. The number of H-pyrrole nitrogens is 1. The van der Waals surface area contributed by atoms with Gasteiger partial charge in [-0.25, -0.2) is 9.97 Å². The second-order valence-electron chi connectivity index (χ2n) is 6.92. The smallest absolute Gasteiger partial charge is 0.275 e. The van der Waals surface area contributed by atoms with Crippen molar-refractivity contribution in [2.45, 2.75) is 6.42 Å². The zero-order chi connectivity index (χ0) is 18.5. The number of anilines is 1. The number of aromatic nitrogens is 3. The molecule has 1 aliphatic rings. The molecule has 7 heteroatoms. The van der Waals surface area contributed by atoms with E-state index < -0.39 is 0 Å². The van der Waals surface area contributed by atoms with Crippen LogP contribution in [0.4, 0.5) is 5.95 Å². The Bertz CT molecular complexity index is 886. The molecule has 140 valence electrons. The molecule has 0 atom stereocenters. The number of nitrogens with zero attached hydrogens (tertiary/aromatic N) is 3. The fourth-order valence-electron chi connectivity index (χ4n) is 3.62. The summed E-state index contributed by atoms with van der Waals surface area (Å²) in [5, 5.41) is 4.30. The Morgan fingerprint density at radius 3 is 2.74 bits per heavy atom. The molecule has 1 amide bonds. The van der Waals surface area contributed by atoms with Crippen molar-refractivity contribution < 1.29 is 9.69 Å². The van der Waals surface area contributed by atoms with E-state index in [0.717, 1.165) is 44.1 Å². The Morgan fingerprint density at radius 2 is 1.93 bits per heavy atom. The van der Waals surface area contributed by atoms with E-state index in [9.17, 15) is 4.79 Å². The zero-order valence-electron chi connectivity index (χ0n) is 15.3. The van der Waals surface area contributed by atoms with Crippen LogP contribution in [0, 0.1) is 0 Å². The predicted molar refractivity (Wildman–Crippen MR) is 105 cm³/mol.